The first-order valence-corrected chi connectivity index (χ1v) is 8.31. The van der Waals surface area contributed by atoms with E-state index >= 15 is 0 Å². The van der Waals surface area contributed by atoms with Crippen LogP contribution in [0, 0.1) is 5.92 Å². The summed E-state index contributed by atoms with van der Waals surface area (Å²) in [5, 5.41) is 0. The van der Waals surface area contributed by atoms with E-state index in [0.717, 1.165) is 35.6 Å². The van der Waals surface area contributed by atoms with E-state index in [9.17, 15) is 4.79 Å². The van der Waals surface area contributed by atoms with Gasteiger partial charge in [-0.25, -0.2) is 0 Å². The van der Waals surface area contributed by atoms with E-state index in [0.29, 0.717) is 0 Å². The number of anilines is 1. The zero-order valence-corrected chi connectivity index (χ0v) is 14.4. The van der Waals surface area contributed by atoms with Gasteiger partial charge in [-0.1, -0.05) is 31.5 Å². The lowest BCUT2D eigenvalue weighted by atomic mass is 9.79. The van der Waals surface area contributed by atoms with Crippen LogP contribution in [0.2, 0.25) is 0 Å². The fraction of sp³-hybridized carbons (Fsp3) is 0.350. The second kappa shape index (κ2) is 6.95. The maximum atomic E-state index is 12.7. The first kappa shape index (κ1) is 16.4. The molecule has 4 nitrogen and oxygen atoms in total. The highest BCUT2D eigenvalue weighted by Gasteiger charge is 2.48. The number of rotatable bonds is 6. The summed E-state index contributed by atoms with van der Waals surface area (Å²) in [6.45, 7) is 2.11. The molecule has 1 amide bonds. The number of ether oxygens (including phenoxy) is 2. The zero-order valence-electron chi connectivity index (χ0n) is 14.4. The summed E-state index contributed by atoms with van der Waals surface area (Å²) in [5.41, 5.74) is 1.96. The van der Waals surface area contributed by atoms with Crippen molar-refractivity contribution in [1.29, 1.82) is 0 Å². The molecule has 0 bridgehead atoms. The average Bonchev–Trinajstić information content (AvgIpc) is 2.64. The molecule has 0 unspecified atom stereocenters. The van der Waals surface area contributed by atoms with Gasteiger partial charge in [0, 0.05) is 11.3 Å². The molecule has 24 heavy (non-hydrogen) atoms. The number of amides is 1. The van der Waals surface area contributed by atoms with E-state index in [1.54, 1.807) is 14.2 Å². The molecule has 2 aromatic carbocycles. The van der Waals surface area contributed by atoms with Gasteiger partial charge in [0.15, 0.2) is 0 Å². The van der Waals surface area contributed by atoms with Crippen LogP contribution in [0.3, 0.4) is 0 Å². The number of hydrogen-bond donors (Lipinski definition) is 0. The van der Waals surface area contributed by atoms with Crippen LogP contribution < -0.4 is 14.4 Å². The molecule has 2 atom stereocenters. The highest BCUT2D eigenvalue weighted by atomic mass is 16.5. The quantitative estimate of drug-likeness (QED) is 0.747. The Hall–Kier alpha value is -2.49. The van der Waals surface area contributed by atoms with Gasteiger partial charge in [0.05, 0.1) is 26.2 Å². The van der Waals surface area contributed by atoms with Crippen molar-refractivity contribution in [3.05, 3.63) is 54.1 Å². The second-order valence-corrected chi connectivity index (χ2v) is 5.99. The molecule has 0 N–H and O–H groups in total. The molecule has 1 fully saturated rings. The minimum absolute atomic E-state index is 0.00778. The molecule has 3 rings (SSSR count). The fourth-order valence-electron chi connectivity index (χ4n) is 3.44. The Labute approximate surface area is 143 Å². The van der Waals surface area contributed by atoms with E-state index in [2.05, 4.69) is 13.0 Å². The van der Waals surface area contributed by atoms with E-state index in [1.807, 2.05) is 47.4 Å². The van der Waals surface area contributed by atoms with Crippen LogP contribution in [0.4, 0.5) is 5.69 Å². The van der Waals surface area contributed by atoms with Crippen LogP contribution in [0.25, 0.3) is 0 Å². The molecule has 2 aromatic rings. The highest BCUT2D eigenvalue weighted by molar-refractivity contribution is 6.03. The van der Waals surface area contributed by atoms with Crippen molar-refractivity contribution in [2.45, 2.75) is 25.8 Å². The van der Waals surface area contributed by atoms with Crippen molar-refractivity contribution in [2.24, 2.45) is 5.92 Å². The minimum atomic E-state index is 0.00778. The molecule has 0 aliphatic carbocycles. The first-order valence-electron chi connectivity index (χ1n) is 8.31. The summed E-state index contributed by atoms with van der Waals surface area (Å²) in [5.74, 6) is 1.80. The van der Waals surface area contributed by atoms with Crippen LogP contribution >= 0.6 is 0 Å². The Bertz CT molecular complexity index is 711. The van der Waals surface area contributed by atoms with E-state index in [4.69, 9.17) is 9.47 Å². The third-order valence-corrected chi connectivity index (χ3v) is 4.62. The molecule has 0 saturated carbocycles. The lowest BCUT2D eigenvalue weighted by molar-refractivity contribution is -0.130. The van der Waals surface area contributed by atoms with Crippen LogP contribution in [-0.2, 0) is 4.79 Å². The SMILES string of the molecule is CCC[C@H]1C(=O)N(c2ccc(OC)cc2)[C@@H]1c1ccccc1OC. The molecular weight excluding hydrogens is 302 g/mol. The molecule has 126 valence electrons. The topological polar surface area (TPSA) is 38.8 Å². The lowest BCUT2D eigenvalue weighted by Crippen LogP contribution is -2.55. The predicted octanol–water partition coefficient (Wildman–Crippen LogP) is 4.21. The average molecular weight is 325 g/mol. The Balaban J connectivity index is 1.98. The monoisotopic (exact) mass is 325 g/mol. The largest absolute Gasteiger partial charge is 0.497 e. The molecule has 0 radical (unpaired) electrons. The van der Waals surface area contributed by atoms with Crippen molar-refractivity contribution in [2.75, 3.05) is 19.1 Å². The van der Waals surface area contributed by atoms with Gasteiger partial charge in [0.25, 0.3) is 0 Å². The number of hydrogen-bond acceptors (Lipinski definition) is 3. The van der Waals surface area contributed by atoms with Crippen molar-refractivity contribution >= 4 is 11.6 Å². The molecule has 1 aliphatic rings. The van der Waals surface area contributed by atoms with Gasteiger partial charge < -0.3 is 14.4 Å². The molecule has 4 heteroatoms. The maximum Gasteiger partial charge on any atom is 0.233 e. The standard InChI is InChI=1S/C20H23NO3/c1-4-7-17-19(16-8-5-6-9-18(16)24-3)21(20(17)22)14-10-12-15(23-2)13-11-14/h5-6,8-13,17,19H,4,7H2,1-3H3/t17-,19-/m1/s1. The molecule has 0 aromatic heterocycles. The third kappa shape index (κ3) is 2.73. The van der Waals surface area contributed by atoms with Crippen molar-refractivity contribution < 1.29 is 14.3 Å². The zero-order chi connectivity index (χ0) is 17.1. The number of methoxy groups -OCH3 is 2. The number of benzene rings is 2. The predicted molar refractivity (Wildman–Crippen MR) is 94.6 cm³/mol. The van der Waals surface area contributed by atoms with Gasteiger partial charge in [-0.05, 0) is 36.8 Å². The van der Waals surface area contributed by atoms with E-state index in [-0.39, 0.29) is 17.9 Å². The van der Waals surface area contributed by atoms with Gasteiger partial charge >= 0.3 is 0 Å². The fourth-order valence-corrected chi connectivity index (χ4v) is 3.44. The summed E-state index contributed by atoms with van der Waals surface area (Å²) in [7, 11) is 3.31. The van der Waals surface area contributed by atoms with Crippen molar-refractivity contribution in [3.8, 4) is 11.5 Å². The van der Waals surface area contributed by atoms with Gasteiger partial charge in [-0.2, -0.15) is 0 Å². The summed E-state index contributed by atoms with van der Waals surface area (Å²) in [6, 6.07) is 15.6. The second-order valence-electron chi connectivity index (χ2n) is 5.99. The van der Waals surface area contributed by atoms with Crippen LogP contribution in [0.15, 0.2) is 48.5 Å². The number of nitrogens with zero attached hydrogens (tertiary/aromatic N) is 1. The molecule has 1 saturated heterocycles. The smallest absolute Gasteiger partial charge is 0.233 e. The summed E-state index contributed by atoms with van der Waals surface area (Å²) in [6.07, 6.45) is 1.87. The Morgan fingerprint density at radius 2 is 1.71 bits per heavy atom. The number of β-lactam (4-membered cyclic amide) rings is 1. The normalized spacial score (nSPS) is 19.8. The van der Waals surface area contributed by atoms with Crippen LogP contribution in [0.1, 0.15) is 31.4 Å². The Morgan fingerprint density at radius 3 is 2.33 bits per heavy atom. The molecule has 0 spiro atoms. The highest BCUT2D eigenvalue weighted by Crippen LogP contribution is 2.48. The number of carbonyl (C=O) groups excluding carboxylic acids is 1. The van der Waals surface area contributed by atoms with Gasteiger partial charge in [0.1, 0.15) is 11.5 Å². The number of carbonyl (C=O) groups is 1. The maximum absolute atomic E-state index is 12.7. The van der Waals surface area contributed by atoms with Crippen LogP contribution in [-0.4, -0.2) is 20.1 Å². The lowest BCUT2D eigenvalue weighted by Gasteiger charge is -2.48. The van der Waals surface area contributed by atoms with Gasteiger partial charge in [-0.15, -0.1) is 0 Å². The minimum Gasteiger partial charge on any atom is -0.497 e. The molecular formula is C20H23NO3. The van der Waals surface area contributed by atoms with Gasteiger partial charge in [0.2, 0.25) is 5.91 Å². The number of para-hydroxylation sites is 1. The summed E-state index contributed by atoms with van der Waals surface area (Å²) in [4.78, 5) is 14.6. The summed E-state index contributed by atoms with van der Waals surface area (Å²) >= 11 is 0. The summed E-state index contributed by atoms with van der Waals surface area (Å²) < 4.78 is 10.7. The van der Waals surface area contributed by atoms with E-state index < -0.39 is 0 Å². The van der Waals surface area contributed by atoms with Gasteiger partial charge in [-0.3, -0.25) is 4.79 Å². The third-order valence-electron chi connectivity index (χ3n) is 4.62. The first-order chi connectivity index (χ1) is 11.7. The molecule has 1 heterocycles. The van der Waals surface area contributed by atoms with Crippen molar-refractivity contribution in [3.63, 3.8) is 0 Å². The van der Waals surface area contributed by atoms with Crippen LogP contribution in [0.5, 0.6) is 11.5 Å². The Kier molecular flexibility index (Phi) is 4.74. The van der Waals surface area contributed by atoms with E-state index in [1.165, 1.54) is 0 Å². The van der Waals surface area contributed by atoms with Crippen molar-refractivity contribution in [1.82, 2.24) is 0 Å². The Morgan fingerprint density at radius 1 is 1.00 bits per heavy atom. The molecule has 1 aliphatic heterocycles.